The number of benzene rings is 2. The van der Waals surface area contributed by atoms with Crippen LogP contribution in [0.2, 0.25) is 0 Å². The summed E-state index contributed by atoms with van der Waals surface area (Å²) >= 11 is 2.69. The third kappa shape index (κ3) is 4.96. The maximum atomic E-state index is 13.5. The van der Waals surface area contributed by atoms with E-state index in [0.29, 0.717) is 31.9 Å². The number of aromatic nitrogens is 3. The monoisotopic (exact) mass is 512 g/mol. The molecule has 0 bridgehead atoms. The lowest BCUT2D eigenvalue weighted by atomic mass is 10.2. The number of thioether (sulfide) groups is 1. The summed E-state index contributed by atoms with van der Waals surface area (Å²) in [5.74, 6) is 1.25. The summed E-state index contributed by atoms with van der Waals surface area (Å²) in [6.07, 6.45) is 0. The Hall–Kier alpha value is -3.57. The Labute approximate surface area is 209 Å². The predicted molar refractivity (Wildman–Crippen MR) is 139 cm³/mol. The Balaban J connectivity index is 1.82. The van der Waals surface area contributed by atoms with Crippen LogP contribution < -0.4 is 26.0 Å². The molecular weight excluding hydrogens is 488 g/mol. The normalized spacial score (nSPS) is 11.0. The minimum Gasteiger partial charge on any atom is -0.497 e. The Bertz CT molecular complexity index is 1510. The van der Waals surface area contributed by atoms with Crippen LogP contribution in [0, 0.1) is 6.92 Å². The molecule has 4 rings (SSSR count). The van der Waals surface area contributed by atoms with Crippen LogP contribution in [-0.4, -0.2) is 40.0 Å². The van der Waals surface area contributed by atoms with E-state index in [2.05, 4.69) is 10.3 Å². The van der Waals surface area contributed by atoms with Gasteiger partial charge in [0.05, 0.1) is 25.6 Å². The van der Waals surface area contributed by atoms with Crippen LogP contribution in [0.3, 0.4) is 0 Å². The molecule has 11 heteroatoms. The summed E-state index contributed by atoms with van der Waals surface area (Å²) in [7, 11) is 3.01. The van der Waals surface area contributed by atoms with Gasteiger partial charge in [-0.25, -0.2) is 14.3 Å². The van der Waals surface area contributed by atoms with Gasteiger partial charge in [-0.15, -0.1) is 11.3 Å². The number of hydrogen-bond donors (Lipinski definition) is 1. The van der Waals surface area contributed by atoms with E-state index in [0.717, 1.165) is 15.9 Å². The van der Waals surface area contributed by atoms with Crippen molar-refractivity contribution in [1.82, 2.24) is 14.1 Å². The number of hydrogen-bond acceptors (Lipinski definition) is 8. The summed E-state index contributed by atoms with van der Waals surface area (Å²) in [4.78, 5) is 44.4. The standard InChI is InChI=1S/C24H24N4O5S2/c1-5-34-23-26-21-20(35-23)22(30)28(15-8-6-14(2)7-9-15)24(31)27(21)13-19(29)25-17-12-16(32-3)10-11-18(17)33-4/h6-12H,5,13H2,1-4H3,(H,25,29). The molecule has 2 heterocycles. The fraction of sp³-hybridized carbons (Fsp3) is 0.250. The van der Waals surface area contributed by atoms with Gasteiger partial charge in [0.25, 0.3) is 5.56 Å². The van der Waals surface area contributed by atoms with Crippen LogP contribution in [0.25, 0.3) is 16.0 Å². The fourth-order valence-corrected chi connectivity index (χ4v) is 5.48. The smallest absolute Gasteiger partial charge is 0.337 e. The van der Waals surface area contributed by atoms with E-state index in [1.54, 1.807) is 30.3 Å². The van der Waals surface area contributed by atoms with Gasteiger partial charge in [-0.1, -0.05) is 36.4 Å². The van der Waals surface area contributed by atoms with Gasteiger partial charge in [0.15, 0.2) is 9.99 Å². The highest BCUT2D eigenvalue weighted by Gasteiger charge is 2.21. The molecule has 2 aromatic heterocycles. The lowest BCUT2D eigenvalue weighted by Crippen LogP contribution is -2.40. The van der Waals surface area contributed by atoms with Gasteiger partial charge in [-0.05, 0) is 36.9 Å². The molecule has 1 N–H and O–H groups in total. The minimum atomic E-state index is -0.641. The Morgan fingerprint density at radius 2 is 1.86 bits per heavy atom. The maximum absolute atomic E-state index is 13.5. The average molecular weight is 513 g/mol. The van der Waals surface area contributed by atoms with Crippen molar-refractivity contribution in [3.8, 4) is 17.2 Å². The molecule has 0 saturated heterocycles. The van der Waals surface area contributed by atoms with Gasteiger partial charge in [0.1, 0.15) is 22.7 Å². The predicted octanol–water partition coefficient (Wildman–Crippen LogP) is 3.69. The quantitative estimate of drug-likeness (QED) is 0.359. The molecule has 0 aliphatic heterocycles. The van der Waals surface area contributed by atoms with Gasteiger partial charge < -0.3 is 14.8 Å². The van der Waals surface area contributed by atoms with Gasteiger partial charge >= 0.3 is 5.69 Å². The number of nitrogens with zero attached hydrogens (tertiary/aromatic N) is 3. The van der Waals surface area contributed by atoms with Crippen LogP contribution in [0.1, 0.15) is 12.5 Å². The first-order valence-electron chi connectivity index (χ1n) is 10.7. The largest absolute Gasteiger partial charge is 0.497 e. The number of methoxy groups -OCH3 is 2. The van der Waals surface area contributed by atoms with Crippen molar-refractivity contribution in [3.05, 3.63) is 68.9 Å². The molecule has 0 spiro atoms. The minimum absolute atomic E-state index is 0.192. The van der Waals surface area contributed by atoms with Crippen LogP contribution in [0.15, 0.2) is 56.4 Å². The topological polar surface area (TPSA) is 104 Å². The number of carbonyl (C=O) groups is 1. The molecule has 0 aliphatic carbocycles. The van der Waals surface area contributed by atoms with E-state index in [-0.39, 0.29) is 12.2 Å². The van der Waals surface area contributed by atoms with E-state index < -0.39 is 17.2 Å². The molecule has 2 aromatic carbocycles. The summed E-state index contributed by atoms with van der Waals surface area (Å²) in [6, 6.07) is 12.1. The Morgan fingerprint density at radius 1 is 1.11 bits per heavy atom. The second-order valence-electron chi connectivity index (χ2n) is 7.52. The van der Waals surface area contributed by atoms with Crippen molar-refractivity contribution in [2.24, 2.45) is 0 Å². The van der Waals surface area contributed by atoms with Crippen LogP contribution >= 0.6 is 23.1 Å². The number of aryl methyl sites for hydroxylation is 1. The molecule has 0 fully saturated rings. The molecule has 0 radical (unpaired) electrons. The molecular formula is C24H24N4O5S2. The molecule has 1 amide bonds. The Morgan fingerprint density at radius 3 is 2.51 bits per heavy atom. The van der Waals surface area contributed by atoms with Crippen molar-refractivity contribution in [2.75, 3.05) is 25.3 Å². The SMILES string of the molecule is CCSc1nc2c(s1)c(=O)n(-c1ccc(C)cc1)c(=O)n2CC(=O)Nc1cc(OC)ccc1OC. The second kappa shape index (κ2) is 10.4. The van der Waals surface area contributed by atoms with Crippen molar-refractivity contribution in [1.29, 1.82) is 0 Å². The fourth-order valence-electron chi connectivity index (χ4n) is 3.51. The van der Waals surface area contributed by atoms with E-state index >= 15 is 0 Å². The van der Waals surface area contributed by atoms with Crippen molar-refractivity contribution >= 4 is 45.0 Å². The van der Waals surface area contributed by atoms with Crippen LogP contribution in [0.5, 0.6) is 11.5 Å². The summed E-state index contributed by atoms with van der Waals surface area (Å²) < 4.78 is 13.8. The number of amides is 1. The lowest BCUT2D eigenvalue weighted by molar-refractivity contribution is -0.116. The maximum Gasteiger partial charge on any atom is 0.337 e. The zero-order chi connectivity index (χ0) is 25.1. The van der Waals surface area contributed by atoms with E-state index in [1.165, 1.54) is 41.9 Å². The number of anilines is 1. The zero-order valence-electron chi connectivity index (χ0n) is 19.7. The van der Waals surface area contributed by atoms with Gasteiger partial charge in [-0.2, -0.15) is 0 Å². The first kappa shape index (κ1) is 24.6. The number of thiazole rings is 1. The van der Waals surface area contributed by atoms with Crippen molar-refractivity contribution in [2.45, 2.75) is 24.7 Å². The molecule has 0 saturated carbocycles. The number of ether oxygens (including phenoxy) is 2. The third-order valence-corrected chi connectivity index (χ3v) is 7.26. The first-order chi connectivity index (χ1) is 16.9. The van der Waals surface area contributed by atoms with Crippen LogP contribution in [-0.2, 0) is 11.3 Å². The second-order valence-corrected chi connectivity index (χ2v) is 10.0. The molecule has 35 heavy (non-hydrogen) atoms. The van der Waals surface area contributed by atoms with Gasteiger partial charge in [0.2, 0.25) is 5.91 Å². The van der Waals surface area contributed by atoms with E-state index in [1.807, 2.05) is 26.0 Å². The van der Waals surface area contributed by atoms with Crippen molar-refractivity contribution < 1.29 is 14.3 Å². The molecule has 0 unspecified atom stereocenters. The molecule has 9 nitrogen and oxygen atoms in total. The first-order valence-corrected chi connectivity index (χ1v) is 12.5. The highest BCUT2D eigenvalue weighted by atomic mass is 32.2. The molecule has 4 aromatic rings. The summed E-state index contributed by atoms with van der Waals surface area (Å²) in [5.41, 5.74) is 0.909. The highest BCUT2D eigenvalue weighted by molar-refractivity contribution is 8.01. The molecule has 0 aliphatic rings. The number of carbonyl (C=O) groups excluding carboxylic acids is 1. The highest BCUT2D eigenvalue weighted by Crippen LogP contribution is 2.29. The van der Waals surface area contributed by atoms with E-state index in [9.17, 15) is 14.4 Å². The van der Waals surface area contributed by atoms with Gasteiger partial charge in [0, 0.05) is 6.07 Å². The summed E-state index contributed by atoms with van der Waals surface area (Å²) in [6.45, 7) is 3.55. The number of rotatable bonds is 8. The lowest BCUT2D eigenvalue weighted by Gasteiger charge is -2.14. The number of nitrogens with one attached hydrogen (secondary N) is 1. The van der Waals surface area contributed by atoms with Crippen molar-refractivity contribution in [3.63, 3.8) is 0 Å². The van der Waals surface area contributed by atoms with Crippen LogP contribution in [0.4, 0.5) is 5.69 Å². The molecule has 182 valence electrons. The number of fused-ring (bicyclic) bond motifs is 1. The Kier molecular flexibility index (Phi) is 7.27. The molecule has 0 atom stereocenters. The van der Waals surface area contributed by atoms with Gasteiger partial charge in [-0.3, -0.25) is 14.2 Å². The zero-order valence-corrected chi connectivity index (χ0v) is 21.3. The average Bonchev–Trinajstić information content (AvgIpc) is 3.27. The van der Waals surface area contributed by atoms with E-state index in [4.69, 9.17) is 9.47 Å². The summed E-state index contributed by atoms with van der Waals surface area (Å²) in [5, 5.41) is 2.77. The third-order valence-electron chi connectivity index (χ3n) is 5.21.